The van der Waals surface area contributed by atoms with Gasteiger partial charge in [-0.1, -0.05) is 29.8 Å². The number of likely N-dealkylation sites (N-methyl/N-ethyl adjacent to an activating group) is 1. The second-order valence-electron chi connectivity index (χ2n) is 5.31. The molecule has 0 saturated heterocycles. The predicted molar refractivity (Wildman–Crippen MR) is 94.0 cm³/mol. The average molecular weight is 333 g/mol. The third-order valence-electron chi connectivity index (χ3n) is 3.21. The van der Waals surface area contributed by atoms with E-state index in [9.17, 15) is 4.79 Å². The minimum Gasteiger partial charge on any atom is -0.494 e. The Balaban J connectivity index is 1.83. The van der Waals surface area contributed by atoms with E-state index in [1.165, 1.54) is 0 Å². The van der Waals surface area contributed by atoms with Gasteiger partial charge in [0.1, 0.15) is 5.75 Å². The lowest BCUT2D eigenvalue weighted by Crippen LogP contribution is -2.29. The minimum absolute atomic E-state index is 0.0688. The zero-order valence-corrected chi connectivity index (χ0v) is 14.1. The van der Waals surface area contributed by atoms with Crippen LogP contribution in [-0.2, 0) is 11.3 Å². The Morgan fingerprint density at radius 2 is 1.96 bits per heavy atom. The maximum absolute atomic E-state index is 12.0. The number of benzene rings is 2. The van der Waals surface area contributed by atoms with Gasteiger partial charge in [-0.3, -0.25) is 9.69 Å². The van der Waals surface area contributed by atoms with Gasteiger partial charge in [-0.15, -0.1) is 0 Å². The van der Waals surface area contributed by atoms with Crippen molar-refractivity contribution in [3.63, 3.8) is 0 Å². The Hall–Kier alpha value is -2.04. The highest BCUT2D eigenvalue weighted by molar-refractivity contribution is 6.30. The molecule has 0 aliphatic heterocycles. The fourth-order valence-corrected chi connectivity index (χ4v) is 2.43. The summed E-state index contributed by atoms with van der Waals surface area (Å²) in [5.41, 5.74) is 1.84. The number of hydrogen-bond acceptors (Lipinski definition) is 3. The predicted octanol–water partition coefficient (Wildman–Crippen LogP) is 3.81. The van der Waals surface area contributed by atoms with E-state index in [1.807, 2.05) is 55.3 Å². The lowest BCUT2D eigenvalue weighted by atomic mass is 10.2. The topological polar surface area (TPSA) is 41.6 Å². The molecule has 2 aromatic rings. The first-order chi connectivity index (χ1) is 11.1. The van der Waals surface area contributed by atoms with Crippen LogP contribution in [0, 0.1) is 0 Å². The molecule has 0 aromatic heterocycles. The van der Waals surface area contributed by atoms with Gasteiger partial charge in [-0.25, -0.2) is 0 Å². The Morgan fingerprint density at radius 1 is 1.22 bits per heavy atom. The Labute approximate surface area is 142 Å². The molecule has 2 aromatic carbocycles. The maximum atomic E-state index is 12.0. The van der Waals surface area contributed by atoms with Gasteiger partial charge < -0.3 is 10.1 Å². The second kappa shape index (κ2) is 8.56. The Kier molecular flexibility index (Phi) is 6.44. The van der Waals surface area contributed by atoms with Crippen LogP contribution in [0.3, 0.4) is 0 Å². The molecule has 0 aliphatic rings. The van der Waals surface area contributed by atoms with E-state index in [-0.39, 0.29) is 5.91 Å². The molecule has 1 amide bonds. The van der Waals surface area contributed by atoms with Crippen molar-refractivity contribution in [3.8, 4) is 5.75 Å². The maximum Gasteiger partial charge on any atom is 0.238 e. The van der Waals surface area contributed by atoms with Gasteiger partial charge in [0.2, 0.25) is 5.91 Å². The van der Waals surface area contributed by atoms with Crippen molar-refractivity contribution in [1.29, 1.82) is 0 Å². The monoisotopic (exact) mass is 332 g/mol. The van der Waals surface area contributed by atoms with Crippen molar-refractivity contribution in [3.05, 3.63) is 59.1 Å². The van der Waals surface area contributed by atoms with Crippen LogP contribution >= 0.6 is 11.6 Å². The highest BCUT2D eigenvalue weighted by Gasteiger charge is 2.08. The van der Waals surface area contributed by atoms with E-state index in [2.05, 4.69) is 5.32 Å². The molecule has 0 atom stereocenters. The van der Waals surface area contributed by atoms with Gasteiger partial charge in [0.15, 0.2) is 0 Å². The van der Waals surface area contributed by atoms with E-state index in [1.54, 1.807) is 12.1 Å². The smallest absolute Gasteiger partial charge is 0.238 e. The van der Waals surface area contributed by atoms with Crippen LogP contribution in [0.5, 0.6) is 5.75 Å². The lowest BCUT2D eigenvalue weighted by molar-refractivity contribution is -0.117. The molecule has 0 spiro atoms. The van der Waals surface area contributed by atoms with Gasteiger partial charge in [0, 0.05) is 17.3 Å². The van der Waals surface area contributed by atoms with Crippen LogP contribution in [0.25, 0.3) is 0 Å². The first-order valence-electron chi connectivity index (χ1n) is 7.52. The highest BCUT2D eigenvalue weighted by atomic mass is 35.5. The average Bonchev–Trinajstić information content (AvgIpc) is 2.49. The Bertz CT molecular complexity index is 644. The summed E-state index contributed by atoms with van der Waals surface area (Å²) < 4.78 is 5.42. The number of carbonyl (C=O) groups excluding carboxylic acids is 1. The van der Waals surface area contributed by atoms with Gasteiger partial charge in [0.05, 0.1) is 13.2 Å². The number of hydrogen-bond donors (Lipinski definition) is 1. The molecule has 4 nitrogen and oxygen atoms in total. The van der Waals surface area contributed by atoms with Gasteiger partial charge in [-0.05, 0) is 49.9 Å². The molecular formula is C18H21ClN2O2. The molecule has 5 heteroatoms. The van der Waals surface area contributed by atoms with E-state index in [0.29, 0.717) is 30.4 Å². The highest BCUT2D eigenvalue weighted by Crippen LogP contribution is 2.15. The van der Waals surface area contributed by atoms with Crippen molar-refractivity contribution >= 4 is 23.2 Å². The standard InChI is InChI=1S/C18H21ClN2O2/c1-3-23-17-9-7-14(8-10-17)12-21(2)13-18(22)20-16-6-4-5-15(19)11-16/h4-11H,3,12-13H2,1-2H3,(H,20,22). The molecular weight excluding hydrogens is 312 g/mol. The number of amides is 1. The summed E-state index contributed by atoms with van der Waals surface area (Å²) in [6.07, 6.45) is 0. The summed E-state index contributed by atoms with van der Waals surface area (Å²) in [4.78, 5) is 14.0. The summed E-state index contributed by atoms with van der Waals surface area (Å²) in [5.74, 6) is 0.790. The Morgan fingerprint density at radius 3 is 2.61 bits per heavy atom. The van der Waals surface area contributed by atoms with E-state index in [4.69, 9.17) is 16.3 Å². The summed E-state index contributed by atoms with van der Waals surface area (Å²) in [6.45, 7) is 3.61. The van der Waals surface area contributed by atoms with E-state index in [0.717, 1.165) is 11.3 Å². The van der Waals surface area contributed by atoms with Crippen LogP contribution in [-0.4, -0.2) is 31.0 Å². The molecule has 0 saturated carbocycles. The molecule has 0 aliphatic carbocycles. The zero-order chi connectivity index (χ0) is 16.7. The van der Waals surface area contributed by atoms with Crippen LogP contribution in [0.1, 0.15) is 12.5 Å². The first kappa shape index (κ1) is 17.3. The van der Waals surface area contributed by atoms with Crippen LogP contribution in [0.2, 0.25) is 5.02 Å². The number of halogens is 1. The van der Waals surface area contributed by atoms with E-state index < -0.39 is 0 Å². The van der Waals surface area contributed by atoms with Gasteiger partial charge in [-0.2, -0.15) is 0 Å². The quantitative estimate of drug-likeness (QED) is 0.838. The number of rotatable bonds is 7. The SMILES string of the molecule is CCOc1ccc(CN(C)CC(=O)Nc2cccc(Cl)c2)cc1. The molecule has 0 heterocycles. The van der Waals surface area contributed by atoms with Gasteiger partial charge in [0.25, 0.3) is 0 Å². The third kappa shape index (κ3) is 5.93. The molecule has 2 rings (SSSR count). The first-order valence-corrected chi connectivity index (χ1v) is 7.90. The van der Waals surface area contributed by atoms with Crippen molar-refractivity contribution in [2.45, 2.75) is 13.5 Å². The van der Waals surface area contributed by atoms with Gasteiger partial charge >= 0.3 is 0 Å². The number of carbonyl (C=O) groups is 1. The molecule has 1 N–H and O–H groups in total. The van der Waals surface area contributed by atoms with Crippen LogP contribution in [0.15, 0.2) is 48.5 Å². The molecule has 122 valence electrons. The third-order valence-corrected chi connectivity index (χ3v) is 3.44. The van der Waals surface area contributed by atoms with Crippen LogP contribution in [0.4, 0.5) is 5.69 Å². The summed E-state index contributed by atoms with van der Waals surface area (Å²) >= 11 is 5.90. The zero-order valence-electron chi connectivity index (χ0n) is 13.4. The number of nitrogens with zero attached hydrogens (tertiary/aromatic N) is 1. The number of anilines is 1. The van der Waals surface area contributed by atoms with Crippen LogP contribution < -0.4 is 10.1 Å². The van der Waals surface area contributed by atoms with Crippen molar-refractivity contribution in [2.24, 2.45) is 0 Å². The summed E-state index contributed by atoms with van der Waals surface area (Å²) in [5, 5.41) is 3.44. The molecule has 0 fully saturated rings. The van der Waals surface area contributed by atoms with Crippen molar-refractivity contribution in [2.75, 3.05) is 25.5 Å². The lowest BCUT2D eigenvalue weighted by Gasteiger charge is -2.16. The summed E-state index contributed by atoms with van der Waals surface area (Å²) in [6, 6.07) is 15.0. The second-order valence-corrected chi connectivity index (χ2v) is 5.74. The minimum atomic E-state index is -0.0688. The molecule has 0 unspecified atom stereocenters. The van der Waals surface area contributed by atoms with Crippen molar-refractivity contribution in [1.82, 2.24) is 4.90 Å². The van der Waals surface area contributed by atoms with E-state index >= 15 is 0 Å². The molecule has 0 radical (unpaired) electrons. The largest absolute Gasteiger partial charge is 0.494 e. The molecule has 0 bridgehead atoms. The fraction of sp³-hybridized carbons (Fsp3) is 0.278. The van der Waals surface area contributed by atoms with Crippen molar-refractivity contribution < 1.29 is 9.53 Å². The fourth-order valence-electron chi connectivity index (χ4n) is 2.24. The number of nitrogens with one attached hydrogen (secondary N) is 1. The normalized spacial score (nSPS) is 10.6. The number of ether oxygens (including phenoxy) is 1. The molecule has 23 heavy (non-hydrogen) atoms. The summed E-state index contributed by atoms with van der Waals surface area (Å²) in [7, 11) is 1.91.